The molecule has 1 atom stereocenters. The summed E-state index contributed by atoms with van der Waals surface area (Å²) >= 11 is 0. The standard InChI is InChI=1S/C22H34N2O2/c1-4-15-24(16-5-2)21(26)8-6-7-20(25)23-22(19-13-14-19)18-11-9-17(3)10-12-18/h9-12,19,22H,4-8,13-16H2,1-3H3,(H,23,25). The van der Waals surface area contributed by atoms with E-state index in [2.05, 4.69) is 50.4 Å². The SMILES string of the molecule is CCCN(CCC)C(=O)CCCC(=O)NC(c1ccc(C)cc1)C1CC1. The van der Waals surface area contributed by atoms with Gasteiger partial charge in [0.15, 0.2) is 0 Å². The van der Waals surface area contributed by atoms with Gasteiger partial charge in [0, 0.05) is 25.9 Å². The van der Waals surface area contributed by atoms with Crippen LogP contribution in [0.3, 0.4) is 0 Å². The summed E-state index contributed by atoms with van der Waals surface area (Å²) in [4.78, 5) is 26.6. The first-order valence-electron chi connectivity index (χ1n) is 10.2. The van der Waals surface area contributed by atoms with Gasteiger partial charge in [0.25, 0.3) is 0 Å². The quantitative estimate of drug-likeness (QED) is 0.638. The molecule has 1 aromatic carbocycles. The number of nitrogens with zero attached hydrogens (tertiary/aromatic N) is 1. The van der Waals surface area contributed by atoms with Crippen molar-refractivity contribution in [2.75, 3.05) is 13.1 Å². The van der Waals surface area contributed by atoms with E-state index in [1.54, 1.807) is 0 Å². The molecular formula is C22H34N2O2. The van der Waals surface area contributed by atoms with Gasteiger partial charge in [-0.2, -0.15) is 0 Å². The van der Waals surface area contributed by atoms with Crippen LogP contribution in [0.5, 0.6) is 0 Å². The number of carbonyl (C=O) groups excluding carboxylic acids is 2. The molecule has 1 saturated carbocycles. The van der Waals surface area contributed by atoms with Gasteiger partial charge in [-0.3, -0.25) is 9.59 Å². The first-order chi connectivity index (χ1) is 12.5. The van der Waals surface area contributed by atoms with Crippen LogP contribution < -0.4 is 5.32 Å². The van der Waals surface area contributed by atoms with Crippen LogP contribution in [0, 0.1) is 12.8 Å². The second kappa shape index (κ2) is 10.3. The molecule has 1 aromatic rings. The van der Waals surface area contributed by atoms with E-state index in [1.165, 1.54) is 24.0 Å². The normalized spacial score (nSPS) is 14.7. The molecule has 26 heavy (non-hydrogen) atoms. The number of hydrogen-bond donors (Lipinski definition) is 1. The zero-order chi connectivity index (χ0) is 18.9. The minimum absolute atomic E-state index is 0.0628. The summed E-state index contributed by atoms with van der Waals surface area (Å²) in [6.45, 7) is 7.89. The fourth-order valence-electron chi connectivity index (χ4n) is 3.38. The van der Waals surface area contributed by atoms with Crippen LogP contribution in [0.1, 0.15) is 76.0 Å². The van der Waals surface area contributed by atoms with Crippen LogP contribution in [0.4, 0.5) is 0 Å². The average Bonchev–Trinajstić information content (AvgIpc) is 3.45. The highest BCUT2D eigenvalue weighted by molar-refractivity contribution is 5.79. The van der Waals surface area contributed by atoms with Gasteiger partial charge in [-0.1, -0.05) is 43.7 Å². The van der Waals surface area contributed by atoms with Crippen molar-refractivity contribution in [2.24, 2.45) is 5.92 Å². The first-order valence-corrected chi connectivity index (χ1v) is 10.2. The number of benzene rings is 1. The van der Waals surface area contributed by atoms with Gasteiger partial charge in [0.2, 0.25) is 11.8 Å². The third-order valence-corrected chi connectivity index (χ3v) is 4.98. The average molecular weight is 359 g/mol. The number of aryl methyl sites for hydroxylation is 1. The summed E-state index contributed by atoms with van der Waals surface area (Å²) in [7, 11) is 0. The summed E-state index contributed by atoms with van der Waals surface area (Å²) in [6, 6.07) is 8.57. The summed E-state index contributed by atoms with van der Waals surface area (Å²) in [5.41, 5.74) is 2.43. The second-order valence-corrected chi connectivity index (χ2v) is 7.53. The van der Waals surface area contributed by atoms with E-state index in [0.717, 1.165) is 25.9 Å². The summed E-state index contributed by atoms with van der Waals surface area (Å²) in [5, 5.41) is 3.20. The maximum Gasteiger partial charge on any atom is 0.222 e. The lowest BCUT2D eigenvalue weighted by Gasteiger charge is -2.22. The molecule has 0 heterocycles. The molecule has 1 aliphatic rings. The lowest BCUT2D eigenvalue weighted by molar-refractivity contribution is -0.131. The topological polar surface area (TPSA) is 49.4 Å². The Morgan fingerprint density at radius 2 is 1.69 bits per heavy atom. The molecule has 4 heteroatoms. The van der Waals surface area contributed by atoms with Crippen LogP contribution in [0.15, 0.2) is 24.3 Å². The Morgan fingerprint density at radius 1 is 1.08 bits per heavy atom. The summed E-state index contributed by atoms with van der Waals surface area (Å²) in [5.74, 6) is 0.805. The summed E-state index contributed by atoms with van der Waals surface area (Å²) < 4.78 is 0. The Bertz CT molecular complexity index is 572. The van der Waals surface area contributed by atoms with Crippen molar-refractivity contribution in [3.63, 3.8) is 0 Å². The van der Waals surface area contributed by atoms with Gasteiger partial charge in [-0.15, -0.1) is 0 Å². The van der Waals surface area contributed by atoms with Crippen molar-refractivity contribution in [1.29, 1.82) is 0 Å². The van der Waals surface area contributed by atoms with Crippen LogP contribution in [0.2, 0.25) is 0 Å². The largest absolute Gasteiger partial charge is 0.349 e. The molecule has 0 spiro atoms. The Labute approximate surface area is 158 Å². The van der Waals surface area contributed by atoms with Gasteiger partial charge in [0.1, 0.15) is 0 Å². The van der Waals surface area contributed by atoms with Crippen molar-refractivity contribution in [3.05, 3.63) is 35.4 Å². The molecular weight excluding hydrogens is 324 g/mol. The smallest absolute Gasteiger partial charge is 0.222 e. The zero-order valence-electron chi connectivity index (χ0n) is 16.6. The first kappa shape index (κ1) is 20.5. The summed E-state index contributed by atoms with van der Waals surface area (Å²) in [6.07, 6.45) is 5.83. The molecule has 2 rings (SSSR count). The molecule has 1 unspecified atom stereocenters. The fraction of sp³-hybridized carbons (Fsp3) is 0.636. The van der Waals surface area contributed by atoms with Gasteiger partial charge < -0.3 is 10.2 Å². The minimum atomic E-state index is 0.0628. The highest BCUT2D eigenvalue weighted by Crippen LogP contribution is 2.41. The van der Waals surface area contributed by atoms with Crippen LogP contribution >= 0.6 is 0 Å². The van der Waals surface area contributed by atoms with Crippen molar-refractivity contribution < 1.29 is 9.59 Å². The molecule has 1 aliphatic carbocycles. The third kappa shape index (κ3) is 6.47. The molecule has 4 nitrogen and oxygen atoms in total. The molecule has 0 aromatic heterocycles. The van der Waals surface area contributed by atoms with Gasteiger partial charge in [0.05, 0.1) is 6.04 Å². The van der Waals surface area contributed by atoms with Crippen molar-refractivity contribution in [1.82, 2.24) is 10.2 Å². The molecule has 0 radical (unpaired) electrons. The van der Waals surface area contributed by atoms with E-state index in [0.29, 0.717) is 25.2 Å². The Balaban J connectivity index is 1.79. The van der Waals surface area contributed by atoms with Gasteiger partial charge in [-0.05, 0) is 50.5 Å². The van der Waals surface area contributed by atoms with Crippen LogP contribution in [-0.4, -0.2) is 29.8 Å². The third-order valence-electron chi connectivity index (χ3n) is 4.98. The van der Waals surface area contributed by atoms with Gasteiger partial charge >= 0.3 is 0 Å². The monoisotopic (exact) mass is 358 g/mol. The van der Waals surface area contributed by atoms with Crippen LogP contribution in [0.25, 0.3) is 0 Å². The van der Waals surface area contributed by atoms with Crippen LogP contribution in [-0.2, 0) is 9.59 Å². The van der Waals surface area contributed by atoms with Gasteiger partial charge in [-0.25, -0.2) is 0 Å². The van der Waals surface area contributed by atoms with E-state index in [4.69, 9.17) is 0 Å². The predicted molar refractivity (Wildman–Crippen MR) is 106 cm³/mol. The van der Waals surface area contributed by atoms with E-state index in [9.17, 15) is 9.59 Å². The fourth-order valence-corrected chi connectivity index (χ4v) is 3.38. The highest BCUT2D eigenvalue weighted by atomic mass is 16.2. The number of amides is 2. The molecule has 144 valence electrons. The molecule has 1 fully saturated rings. The second-order valence-electron chi connectivity index (χ2n) is 7.53. The Kier molecular flexibility index (Phi) is 8.14. The molecule has 0 saturated heterocycles. The molecule has 0 aliphatic heterocycles. The molecule has 2 amide bonds. The van der Waals surface area contributed by atoms with Crippen molar-refractivity contribution >= 4 is 11.8 Å². The number of hydrogen-bond acceptors (Lipinski definition) is 2. The Morgan fingerprint density at radius 3 is 2.23 bits per heavy atom. The van der Waals surface area contributed by atoms with Crippen molar-refractivity contribution in [2.45, 2.75) is 71.8 Å². The molecule has 1 N–H and O–H groups in total. The number of carbonyl (C=O) groups is 2. The lowest BCUT2D eigenvalue weighted by atomic mass is 10.0. The maximum atomic E-state index is 12.4. The zero-order valence-corrected chi connectivity index (χ0v) is 16.6. The Hall–Kier alpha value is -1.84. The minimum Gasteiger partial charge on any atom is -0.349 e. The van der Waals surface area contributed by atoms with E-state index >= 15 is 0 Å². The van der Waals surface area contributed by atoms with E-state index < -0.39 is 0 Å². The highest BCUT2D eigenvalue weighted by Gasteiger charge is 2.33. The lowest BCUT2D eigenvalue weighted by Crippen LogP contribution is -2.33. The maximum absolute atomic E-state index is 12.4. The van der Waals surface area contributed by atoms with E-state index in [1.807, 2.05) is 4.90 Å². The van der Waals surface area contributed by atoms with E-state index in [-0.39, 0.29) is 17.9 Å². The van der Waals surface area contributed by atoms with Crippen molar-refractivity contribution in [3.8, 4) is 0 Å². The molecule has 0 bridgehead atoms. The number of rotatable bonds is 11. The number of nitrogens with one attached hydrogen (secondary N) is 1. The predicted octanol–water partition coefficient (Wildman–Crippen LogP) is 4.38.